The molecule has 7 heteroatoms. The smallest absolute Gasteiger partial charge is 0.220 e. The first kappa shape index (κ1) is 24.1. The van der Waals surface area contributed by atoms with Gasteiger partial charge < -0.3 is 15.5 Å². The van der Waals surface area contributed by atoms with Crippen LogP contribution in [0.5, 0.6) is 0 Å². The van der Waals surface area contributed by atoms with Gasteiger partial charge in [-0.25, -0.2) is 13.4 Å². The Morgan fingerprint density at radius 1 is 1.20 bits per heavy atom. The Morgan fingerprint density at radius 2 is 1.87 bits per heavy atom. The van der Waals surface area contributed by atoms with Gasteiger partial charge in [0.15, 0.2) is 14.6 Å². The number of hydrogen-bond acceptors (Lipinski definition) is 6. The molecule has 164 valence electrons. The fraction of sp³-hybridized carbons (Fsp3) is 0.435. The van der Waals surface area contributed by atoms with E-state index in [9.17, 15) is 8.42 Å². The zero-order valence-corrected chi connectivity index (χ0v) is 19.1. The number of sulfone groups is 1. The molecule has 1 aromatic heterocycles. The van der Waals surface area contributed by atoms with Gasteiger partial charge in [0.2, 0.25) is 5.89 Å². The van der Waals surface area contributed by atoms with Gasteiger partial charge in [0.05, 0.1) is 5.69 Å². The Labute approximate surface area is 180 Å². The van der Waals surface area contributed by atoms with E-state index in [1.165, 1.54) is 6.26 Å². The minimum Gasteiger partial charge on any atom is -0.444 e. The quantitative estimate of drug-likeness (QED) is 0.697. The van der Waals surface area contributed by atoms with E-state index in [4.69, 9.17) is 10.2 Å². The molecule has 0 saturated carbocycles. The molecular weight excluding hydrogens is 398 g/mol. The van der Waals surface area contributed by atoms with Gasteiger partial charge in [-0.3, -0.25) is 0 Å². The fourth-order valence-corrected chi connectivity index (χ4v) is 4.39. The lowest BCUT2D eigenvalue weighted by Gasteiger charge is -2.27. The molecule has 1 heterocycles. The Hall–Kier alpha value is -2.22. The van der Waals surface area contributed by atoms with Gasteiger partial charge in [-0.05, 0) is 44.1 Å². The van der Waals surface area contributed by atoms with Crippen LogP contribution in [-0.4, -0.2) is 39.3 Å². The largest absolute Gasteiger partial charge is 0.444 e. The summed E-state index contributed by atoms with van der Waals surface area (Å²) in [5.41, 5.74) is 8.35. The number of aryl methyl sites for hydroxylation is 1. The Kier molecular flexibility index (Phi) is 8.58. The van der Waals surface area contributed by atoms with Crippen molar-refractivity contribution in [3.63, 3.8) is 0 Å². The van der Waals surface area contributed by atoms with E-state index < -0.39 is 14.6 Å². The third-order valence-electron chi connectivity index (χ3n) is 5.06. The van der Waals surface area contributed by atoms with Crippen LogP contribution < -0.4 is 11.1 Å². The van der Waals surface area contributed by atoms with Gasteiger partial charge in [0.1, 0.15) is 5.76 Å². The minimum absolute atomic E-state index is 0.218. The summed E-state index contributed by atoms with van der Waals surface area (Å²) in [4.78, 5) is 4.45. The maximum atomic E-state index is 12.6. The highest BCUT2D eigenvalue weighted by molar-refractivity contribution is 7.91. The summed E-state index contributed by atoms with van der Waals surface area (Å²) in [5, 5.41) is 3.11. The number of rotatable bonds is 7. The SMILES string of the molecule is CCNCC.Cc1oc(C2(S(C)(=O)=O)C=CC(c3ccccc3)=CC2)nc1CCN. The molecule has 6 nitrogen and oxygen atoms in total. The van der Waals surface area contributed by atoms with Crippen LogP contribution in [0.25, 0.3) is 5.57 Å². The van der Waals surface area contributed by atoms with Crippen LogP contribution in [-0.2, 0) is 21.0 Å². The summed E-state index contributed by atoms with van der Waals surface area (Å²) < 4.78 is 29.7. The molecule has 1 aliphatic carbocycles. The second-order valence-corrected chi connectivity index (χ2v) is 9.52. The first-order valence-electron chi connectivity index (χ1n) is 10.3. The predicted octanol–water partition coefficient (Wildman–Crippen LogP) is 3.38. The number of nitrogens with zero attached hydrogens (tertiary/aromatic N) is 1. The van der Waals surface area contributed by atoms with Crippen molar-refractivity contribution in [1.82, 2.24) is 10.3 Å². The molecule has 0 aliphatic heterocycles. The van der Waals surface area contributed by atoms with Crippen molar-refractivity contribution in [3.05, 3.63) is 71.5 Å². The molecule has 2 aromatic rings. The van der Waals surface area contributed by atoms with Crippen molar-refractivity contribution < 1.29 is 12.8 Å². The van der Waals surface area contributed by atoms with Crippen LogP contribution in [0.2, 0.25) is 0 Å². The van der Waals surface area contributed by atoms with E-state index in [0.717, 1.165) is 24.2 Å². The molecule has 3 N–H and O–H groups in total. The van der Waals surface area contributed by atoms with Crippen molar-refractivity contribution in [3.8, 4) is 0 Å². The number of aromatic nitrogens is 1. The summed E-state index contributed by atoms with van der Waals surface area (Å²) in [6.07, 6.45) is 7.53. The molecule has 0 amide bonds. The van der Waals surface area contributed by atoms with Crippen LogP contribution >= 0.6 is 0 Å². The van der Waals surface area contributed by atoms with Crippen LogP contribution in [0.15, 0.2) is 53.0 Å². The molecule has 1 atom stereocenters. The highest BCUT2D eigenvalue weighted by atomic mass is 32.2. The monoisotopic (exact) mass is 431 g/mol. The molecule has 30 heavy (non-hydrogen) atoms. The third-order valence-corrected chi connectivity index (χ3v) is 6.86. The zero-order valence-electron chi connectivity index (χ0n) is 18.3. The molecular formula is C23H33N3O3S. The van der Waals surface area contributed by atoms with Crippen LogP contribution in [0.1, 0.15) is 43.2 Å². The van der Waals surface area contributed by atoms with Crippen LogP contribution in [0.3, 0.4) is 0 Å². The van der Waals surface area contributed by atoms with Crippen LogP contribution in [0.4, 0.5) is 0 Å². The summed E-state index contributed by atoms with van der Waals surface area (Å²) in [7, 11) is -3.48. The lowest BCUT2D eigenvalue weighted by molar-refractivity contribution is 0.423. The molecule has 3 rings (SSSR count). The Morgan fingerprint density at radius 3 is 2.33 bits per heavy atom. The average molecular weight is 432 g/mol. The number of nitrogens with two attached hydrogens (primary N) is 1. The lowest BCUT2D eigenvalue weighted by Crippen LogP contribution is -2.34. The van der Waals surface area contributed by atoms with Gasteiger partial charge in [-0.15, -0.1) is 0 Å². The van der Waals surface area contributed by atoms with E-state index in [1.807, 2.05) is 42.5 Å². The molecule has 0 saturated heterocycles. The van der Waals surface area contributed by atoms with E-state index in [-0.39, 0.29) is 12.3 Å². The second kappa shape index (κ2) is 10.7. The van der Waals surface area contributed by atoms with Crippen molar-refractivity contribution >= 4 is 15.4 Å². The summed E-state index contributed by atoms with van der Waals surface area (Å²) in [6.45, 7) is 8.61. The summed E-state index contributed by atoms with van der Waals surface area (Å²) >= 11 is 0. The van der Waals surface area contributed by atoms with E-state index in [1.54, 1.807) is 13.0 Å². The van der Waals surface area contributed by atoms with Crippen molar-refractivity contribution in [2.45, 2.75) is 38.4 Å². The van der Waals surface area contributed by atoms with Crippen LogP contribution in [0, 0.1) is 6.92 Å². The lowest BCUT2D eigenvalue weighted by atomic mass is 9.92. The highest BCUT2D eigenvalue weighted by Crippen LogP contribution is 2.40. The topological polar surface area (TPSA) is 98.2 Å². The average Bonchev–Trinajstić information content (AvgIpc) is 3.10. The second-order valence-electron chi connectivity index (χ2n) is 7.24. The molecule has 1 aliphatic rings. The van der Waals surface area contributed by atoms with Gasteiger partial charge in [-0.2, -0.15) is 0 Å². The maximum absolute atomic E-state index is 12.6. The Bertz CT molecular complexity index is 976. The number of hydrogen-bond donors (Lipinski definition) is 2. The number of nitrogens with one attached hydrogen (secondary N) is 1. The highest BCUT2D eigenvalue weighted by Gasteiger charge is 2.45. The number of benzene rings is 1. The zero-order chi connectivity index (χ0) is 22.2. The van der Waals surface area contributed by atoms with E-state index >= 15 is 0 Å². The fourth-order valence-electron chi connectivity index (χ4n) is 3.29. The van der Waals surface area contributed by atoms with Gasteiger partial charge in [-0.1, -0.05) is 62.4 Å². The molecule has 0 spiro atoms. The maximum Gasteiger partial charge on any atom is 0.220 e. The Balaban J connectivity index is 0.000000575. The first-order chi connectivity index (χ1) is 14.3. The molecule has 0 radical (unpaired) electrons. The summed E-state index contributed by atoms with van der Waals surface area (Å²) in [5.74, 6) is 0.838. The predicted molar refractivity (Wildman–Crippen MR) is 123 cm³/mol. The van der Waals surface area contributed by atoms with Gasteiger partial charge in [0.25, 0.3) is 0 Å². The van der Waals surface area contributed by atoms with Gasteiger partial charge >= 0.3 is 0 Å². The first-order valence-corrected chi connectivity index (χ1v) is 12.2. The van der Waals surface area contributed by atoms with Crippen molar-refractivity contribution in [2.24, 2.45) is 5.73 Å². The van der Waals surface area contributed by atoms with Crippen molar-refractivity contribution in [1.29, 1.82) is 0 Å². The molecule has 0 fully saturated rings. The van der Waals surface area contributed by atoms with Gasteiger partial charge in [0, 0.05) is 12.7 Å². The molecule has 1 unspecified atom stereocenters. The summed E-state index contributed by atoms with van der Waals surface area (Å²) in [6, 6.07) is 9.86. The third kappa shape index (κ3) is 5.47. The van der Waals surface area contributed by atoms with E-state index in [2.05, 4.69) is 24.1 Å². The van der Waals surface area contributed by atoms with Crippen molar-refractivity contribution in [2.75, 3.05) is 25.9 Å². The van der Waals surface area contributed by atoms with E-state index in [0.29, 0.717) is 24.4 Å². The molecule has 0 bridgehead atoms. The minimum atomic E-state index is -3.48. The normalized spacial score (nSPS) is 18.5. The number of allylic oxidation sites excluding steroid dienone is 3. The standard InChI is InChI=1S/C19H22N2O3S.C4H11N/c1-14-17(10-13-20)21-18(24-14)19(25(2,22)23)11-8-16(9-12-19)15-6-4-3-5-7-15;1-3-5-4-2/h3-9,11H,10,12-13,20H2,1-2H3;5H,3-4H2,1-2H3. The molecule has 1 aromatic carbocycles. The number of oxazole rings is 1.